The van der Waals surface area contributed by atoms with Crippen molar-refractivity contribution in [2.75, 3.05) is 11.2 Å². The number of amides is 1. The van der Waals surface area contributed by atoms with Crippen molar-refractivity contribution in [3.05, 3.63) is 48.4 Å². The second-order valence-corrected chi connectivity index (χ2v) is 6.91. The van der Waals surface area contributed by atoms with Crippen molar-refractivity contribution in [1.29, 1.82) is 0 Å². The molecule has 0 aliphatic heterocycles. The third kappa shape index (κ3) is 5.38. The smallest absolute Gasteiger partial charge is 0.240 e. The lowest BCUT2D eigenvalue weighted by atomic mass is 10.3. The molecule has 2 N–H and O–H groups in total. The zero-order chi connectivity index (χ0) is 16.7. The Morgan fingerprint density at radius 2 is 1.91 bits per heavy atom. The number of anilines is 1. The van der Waals surface area contributed by atoms with Gasteiger partial charge >= 0.3 is 0 Å². The molecule has 2 rings (SSSR count). The van der Waals surface area contributed by atoms with Crippen LogP contribution in [0.15, 0.2) is 52.0 Å². The maximum absolute atomic E-state index is 12.1. The first-order chi connectivity index (χ1) is 11.0. The summed E-state index contributed by atoms with van der Waals surface area (Å²) in [5.41, 5.74) is 0.537. The summed E-state index contributed by atoms with van der Waals surface area (Å²) < 4.78 is 31.8. The fourth-order valence-electron chi connectivity index (χ4n) is 1.83. The first-order valence-electron chi connectivity index (χ1n) is 6.99. The minimum absolute atomic E-state index is 0.0756. The summed E-state index contributed by atoms with van der Waals surface area (Å²) in [6.07, 6.45) is 2.40. The molecule has 0 aliphatic rings. The predicted molar refractivity (Wildman–Crippen MR) is 87.8 cm³/mol. The van der Waals surface area contributed by atoms with E-state index in [0.717, 1.165) is 0 Å². The second kappa shape index (κ2) is 8.14. The minimum Gasteiger partial charge on any atom is -0.468 e. The first kappa shape index (κ1) is 17.5. The number of hydrogen-bond acceptors (Lipinski definition) is 4. The van der Waals surface area contributed by atoms with Crippen LogP contribution in [0.3, 0.4) is 0 Å². The van der Waals surface area contributed by atoms with E-state index in [2.05, 4.69) is 10.0 Å². The number of hydrogen-bond donors (Lipinski definition) is 2. The van der Waals surface area contributed by atoms with Crippen LogP contribution in [0.25, 0.3) is 0 Å². The fraction of sp³-hybridized carbons (Fsp3) is 0.267. The summed E-state index contributed by atoms with van der Waals surface area (Å²) in [5, 5.41) is 2.68. The van der Waals surface area contributed by atoms with Gasteiger partial charge in [0.25, 0.3) is 0 Å². The van der Waals surface area contributed by atoms with E-state index >= 15 is 0 Å². The van der Waals surface area contributed by atoms with Crippen LogP contribution in [-0.4, -0.2) is 20.2 Å². The van der Waals surface area contributed by atoms with Gasteiger partial charge in [-0.25, -0.2) is 13.1 Å². The Kier molecular flexibility index (Phi) is 6.20. The number of furan rings is 1. The standard InChI is InChI=1S/C15H17ClN2O4S/c16-9-1-4-15(19)18-12-5-7-14(8-6-12)23(20,21)17-11-13-3-2-10-22-13/h2-3,5-8,10,17H,1,4,9,11H2,(H,18,19). The molecular formula is C15H17ClN2O4S. The quantitative estimate of drug-likeness (QED) is 0.712. The third-order valence-corrected chi connectivity index (χ3v) is 4.69. The van der Waals surface area contributed by atoms with Gasteiger partial charge in [-0.3, -0.25) is 4.79 Å². The van der Waals surface area contributed by atoms with Crippen molar-refractivity contribution in [1.82, 2.24) is 4.72 Å². The van der Waals surface area contributed by atoms with Crippen molar-refractivity contribution in [2.45, 2.75) is 24.3 Å². The molecule has 1 aromatic heterocycles. The van der Waals surface area contributed by atoms with Gasteiger partial charge in [0, 0.05) is 18.0 Å². The van der Waals surface area contributed by atoms with E-state index in [0.29, 0.717) is 30.2 Å². The Balaban J connectivity index is 1.96. The van der Waals surface area contributed by atoms with Crippen LogP contribution in [0.2, 0.25) is 0 Å². The molecule has 23 heavy (non-hydrogen) atoms. The van der Waals surface area contributed by atoms with Crippen molar-refractivity contribution >= 4 is 33.2 Å². The lowest BCUT2D eigenvalue weighted by Gasteiger charge is -2.08. The highest BCUT2D eigenvalue weighted by atomic mass is 35.5. The number of sulfonamides is 1. The second-order valence-electron chi connectivity index (χ2n) is 4.77. The summed E-state index contributed by atoms with van der Waals surface area (Å²) in [7, 11) is -3.64. The number of nitrogens with one attached hydrogen (secondary N) is 2. The molecule has 0 bridgehead atoms. The summed E-state index contributed by atoms with van der Waals surface area (Å²) in [5.74, 6) is 0.792. The minimum atomic E-state index is -3.64. The highest BCUT2D eigenvalue weighted by molar-refractivity contribution is 7.89. The highest BCUT2D eigenvalue weighted by Gasteiger charge is 2.14. The van der Waals surface area contributed by atoms with E-state index < -0.39 is 10.0 Å². The molecule has 1 amide bonds. The van der Waals surface area contributed by atoms with Crippen LogP contribution in [0, 0.1) is 0 Å². The van der Waals surface area contributed by atoms with Crippen molar-refractivity contribution in [3.63, 3.8) is 0 Å². The Labute approximate surface area is 139 Å². The molecule has 0 spiro atoms. The average Bonchev–Trinajstić information content (AvgIpc) is 3.05. The van der Waals surface area contributed by atoms with E-state index in [9.17, 15) is 13.2 Å². The predicted octanol–water partition coefficient (Wildman–Crippen LogP) is 2.72. The van der Waals surface area contributed by atoms with E-state index in [1.165, 1.54) is 18.4 Å². The molecule has 0 radical (unpaired) electrons. The highest BCUT2D eigenvalue weighted by Crippen LogP contribution is 2.15. The van der Waals surface area contributed by atoms with Gasteiger partial charge in [-0.2, -0.15) is 0 Å². The normalized spacial score (nSPS) is 11.3. The van der Waals surface area contributed by atoms with Gasteiger partial charge in [-0.05, 0) is 42.8 Å². The number of rotatable bonds is 8. The van der Waals surface area contributed by atoms with Crippen LogP contribution in [0.5, 0.6) is 0 Å². The van der Waals surface area contributed by atoms with Gasteiger partial charge < -0.3 is 9.73 Å². The fourth-order valence-corrected chi connectivity index (χ4v) is 2.96. The molecule has 0 atom stereocenters. The topological polar surface area (TPSA) is 88.4 Å². The Morgan fingerprint density at radius 3 is 2.52 bits per heavy atom. The van der Waals surface area contributed by atoms with Gasteiger partial charge in [0.15, 0.2) is 0 Å². The van der Waals surface area contributed by atoms with Crippen LogP contribution in [-0.2, 0) is 21.4 Å². The lowest BCUT2D eigenvalue weighted by molar-refractivity contribution is -0.116. The number of carbonyl (C=O) groups excluding carboxylic acids is 1. The molecular weight excluding hydrogens is 340 g/mol. The largest absolute Gasteiger partial charge is 0.468 e. The summed E-state index contributed by atoms with van der Waals surface area (Å²) in [6, 6.07) is 9.32. The molecule has 0 unspecified atom stereocenters. The number of alkyl halides is 1. The maximum Gasteiger partial charge on any atom is 0.240 e. The molecule has 124 valence electrons. The van der Waals surface area contributed by atoms with Gasteiger partial charge in [-0.15, -0.1) is 11.6 Å². The van der Waals surface area contributed by atoms with Crippen LogP contribution >= 0.6 is 11.6 Å². The van der Waals surface area contributed by atoms with Crippen molar-refractivity contribution < 1.29 is 17.6 Å². The Morgan fingerprint density at radius 1 is 1.17 bits per heavy atom. The van der Waals surface area contributed by atoms with Crippen molar-refractivity contribution in [3.8, 4) is 0 Å². The monoisotopic (exact) mass is 356 g/mol. The molecule has 0 fully saturated rings. The molecule has 2 aromatic rings. The van der Waals surface area contributed by atoms with Gasteiger partial charge in [0.2, 0.25) is 15.9 Å². The lowest BCUT2D eigenvalue weighted by Crippen LogP contribution is -2.23. The van der Waals surface area contributed by atoms with E-state index in [1.807, 2.05) is 0 Å². The number of halogens is 1. The number of carbonyl (C=O) groups is 1. The van der Waals surface area contributed by atoms with Gasteiger partial charge in [0.05, 0.1) is 17.7 Å². The van der Waals surface area contributed by atoms with Crippen LogP contribution in [0.4, 0.5) is 5.69 Å². The first-order valence-corrected chi connectivity index (χ1v) is 9.01. The third-order valence-electron chi connectivity index (χ3n) is 3.00. The summed E-state index contributed by atoms with van der Waals surface area (Å²) >= 11 is 5.53. The van der Waals surface area contributed by atoms with Crippen LogP contribution < -0.4 is 10.0 Å². The van der Waals surface area contributed by atoms with E-state index in [4.69, 9.17) is 16.0 Å². The molecule has 0 aliphatic carbocycles. The van der Waals surface area contributed by atoms with E-state index in [1.54, 1.807) is 24.3 Å². The van der Waals surface area contributed by atoms with Crippen LogP contribution in [0.1, 0.15) is 18.6 Å². The Hall–Kier alpha value is -1.83. The van der Waals surface area contributed by atoms with Crippen molar-refractivity contribution in [2.24, 2.45) is 0 Å². The summed E-state index contributed by atoms with van der Waals surface area (Å²) in [4.78, 5) is 11.7. The zero-order valence-corrected chi connectivity index (χ0v) is 13.9. The molecule has 0 saturated heterocycles. The molecule has 8 heteroatoms. The average molecular weight is 357 g/mol. The SMILES string of the molecule is O=C(CCCCl)Nc1ccc(S(=O)(=O)NCc2ccco2)cc1. The van der Waals surface area contributed by atoms with Gasteiger partial charge in [-0.1, -0.05) is 0 Å². The molecule has 0 saturated carbocycles. The number of benzene rings is 1. The Bertz CT molecular complexity index is 727. The zero-order valence-electron chi connectivity index (χ0n) is 12.3. The molecule has 1 heterocycles. The van der Waals surface area contributed by atoms with Gasteiger partial charge in [0.1, 0.15) is 5.76 Å². The maximum atomic E-state index is 12.1. The summed E-state index contributed by atoms with van der Waals surface area (Å²) in [6.45, 7) is 0.0756. The molecule has 1 aromatic carbocycles. The van der Waals surface area contributed by atoms with E-state index in [-0.39, 0.29) is 17.3 Å². The molecule has 6 nitrogen and oxygen atoms in total.